The average Bonchev–Trinajstić information content (AvgIpc) is 3.37. The van der Waals surface area contributed by atoms with Gasteiger partial charge in [-0.1, -0.05) is 0 Å². The first-order chi connectivity index (χ1) is 14.2. The molecule has 0 aliphatic carbocycles. The molecule has 3 aromatic rings. The third-order valence-corrected chi connectivity index (χ3v) is 5.60. The van der Waals surface area contributed by atoms with Gasteiger partial charge in [0.05, 0.1) is 6.20 Å². The Labute approximate surface area is 176 Å². The standard InChI is InChI=1S/C17H15F3N6O2S2/c1-3-22-16(28)26-12-4-8(15-25-11(7-29-15)17(18,19)20)9(5-23-12)14-24-6-10(30-14)13(27)21-2/h4-7H,3H2,1-2H3,(H,21,27)(H2,22,23,26,28). The third kappa shape index (κ3) is 4.74. The van der Waals surface area contributed by atoms with Crippen molar-refractivity contribution in [2.24, 2.45) is 0 Å². The lowest BCUT2D eigenvalue weighted by atomic mass is 10.1. The van der Waals surface area contributed by atoms with Crippen LogP contribution < -0.4 is 16.0 Å². The fraction of sp³-hybridized carbons (Fsp3) is 0.235. The Morgan fingerprint density at radius 1 is 1.13 bits per heavy atom. The van der Waals surface area contributed by atoms with Crippen LogP contribution in [0.25, 0.3) is 21.1 Å². The number of halogens is 3. The molecule has 0 bridgehead atoms. The molecule has 0 aromatic carbocycles. The molecule has 0 unspecified atom stereocenters. The Morgan fingerprint density at radius 3 is 2.53 bits per heavy atom. The maximum Gasteiger partial charge on any atom is 0.434 e. The summed E-state index contributed by atoms with van der Waals surface area (Å²) in [5.41, 5.74) is -0.330. The van der Waals surface area contributed by atoms with Crippen LogP contribution in [0.3, 0.4) is 0 Å². The van der Waals surface area contributed by atoms with Gasteiger partial charge in [-0.2, -0.15) is 13.2 Å². The highest BCUT2D eigenvalue weighted by atomic mass is 32.1. The normalized spacial score (nSPS) is 11.2. The second-order valence-corrected chi connectivity index (χ2v) is 7.63. The van der Waals surface area contributed by atoms with Crippen molar-refractivity contribution in [2.75, 3.05) is 18.9 Å². The quantitative estimate of drug-likeness (QED) is 0.540. The lowest BCUT2D eigenvalue weighted by Gasteiger charge is -2.09. The van der Waals surface area contributed by atoms with E-state index in [9.17, 15) is 22.8 Å². The number of urea groups is 1. The maximum atomic E-state index is 13.0. The fourth-order valence-electron chi connectivity index (χ4n) is 2.35. The Morgan fingerprint density at radius 2 is 1.90 bits per heavy atom. The smallest absolute Gasteiger partial charge is 0.354 e. The zero-order valence-electron chi connectivity index (χ0n) is 15.6. The van der Waals surface area contributed by atoms with Gasteiger partial charge < -0.3 is 10.6 Å². The molecule has 3 aromatic heterocycles. The summed E-state index contributed by atoms with van der Waals surface area (Å²) >= 11 is 1.86. The number of nitrogens with one attached hydrogen (secondary N) is 3. The van der Waals surface area contributed by atoms with Gasteiger partial charge >= 0.3 is 12.2 Å². The SMILES string of the molecule is CCNC(=O)Nc1cc(-c2nc(C(F)(F)F)cs2)c(-c2ncc(C(=O)NC)s2)cn1. The predicted molar refractivity (Wildman–Crippen MR) is 108 cm³/mol. The molecule has 13 heteroatoms. The molecule has 0 saturated carbocycles. The van der Waals surface area contributed by atoms with Crippen LogP contribution in [0, 0.1) is 0 Å². The van der Waals surface area contributed by atoms with Gasteiger partial charge in [-0.05, 0) is 13.0 Å². The first-order valence-electron chi connectivity index (χ1n) is 8.49. The summed E-state index contributed by atoms with van der Waals surface area (Å²) in [6.07, 6.45) is -1.85. The largest absolute Gasteiger partial charge is 0.434 e. The van der Waals surface area contributed by atoms with E-state index in [0.29, 0.717) is 27.6 Å². The van der Waals surface area contributed by atoms with Crippen LogP contribution in [0.4, 0.5) is 23.8 Å². The van der Waals surface area contributed by atoms with Gasteiger partial charge in [0.1, 0.15) is 20.7 Å². The Kier molecular flexibility index (Phi) is 6.31. The minimum absolute atomic E-state index is 0.0790. The van der Waals surface area contributed by atoms with Crippen molar-refractivity contribution in [3.05, 3.63) is 34.4 Å². The number of pyridine rings is 1. The lowest BCUT2D eigenvalue weighted by Crippen LogP contribution is -2.28. The average molecular weight is 456 g/mol. The van der Waals surface area contributed by atoms with Crippen LogP contribution in [0.1, 0.15) is 22.3 Å². The van der Waals surface area contributed by atoms with Crippen LogP contribution in [0.2, 0.25) is 0 Å². The van der Waals surface area contributed by atoms with Gasteiger partial charge in [0.25, 0.3) is 5.91 Å². The van der Waals surface area contributed by atoms with Crippen molar-refractivity contribution in [3.8, 4) is 21.1 Å². The van der Waals surface area contributed by atoms with Gasteiger partial charge in [0.15, 0.2) is 5.69 Å². The number of thiazole rings is 2. The minimum atomic E-state index is -4.59. The van der Waals surface area contributed by atoms with Crippen molar-refractivity contribution in [3.63, 3.8) is 0 Å². The number of nitrogens with zero attached hydrogens (tertiary/aromatic N) is 3. The second kappa shape index (κ2) is 8.75. The summed E-state index contributed by atoms with van der Waals surface area (Å²) in [6.45, 7) is 2.13. The molecule has 0 aliphatic heterocycles. The predicted octanol–water partition coefficient (Wildman–Crippen LogP) is 3.85. The van der Waals surface area contributed by atoms with E-state index < -0.39 is 17.9 Å². The number of aromatic nitrogens is 3. The van der Waals surface area contributed by atoms with E-state index >= 15 is 0 Å². The first-order valence-corrected chi connectivity index (χ1v) is 10.2. The van der Waals surface area contributed by atoms with E-state index in [1.54, 1.807) is 6.92 Å². The highest BCUT2D eigenvalue weighted by Gasteiger charge is 2.34. The van der Waals surface area contributed by atoms with Crippen molar-refractivity contribution >= 4 is 40.4 Å². The number of hydrogen-bond acceptors (Lipinski definition) is 7. The van der Waals surface area contributed by atoms with Crippen LogP contribution in [-0.2, 0) is 6.18 Å². The van der Waals surface area contributed by atoms with Crippen molar-refractivity contribution < 1.29 is 22.8 Å². The zero-order valence-corrected chi connectivity index (χ0v) is 17.3. The molecule has 3 N–H and O–H groups in total. The molecular weight excluding hydrogens is 441 g/mol. The van der Waals surface area contributed by atoms with Gasteiger partial charge in [-0.25, -0.2) is 19.7 Å². The van der Waals surface area contributed by atoms with Crippen LogP contribution in [0.5, 0.6) is 0 Å². The summed E-state index contributed by atoms with van der Waals surface area (Å²) in [5.74, 6) is -0.206. The first kappa shape index (κ1) is 21.6. The van der Waals surface area contributed by atoms with E-state index in [-0.39, 0.29) is 16.7 Å². The van der Waals surface area contributed by atoms with Crippen molar-refractivity contribution in [2.45, 2.75) is 13.1 Å². The number of anilines is 1. The molecule has 30 heavy (non-hydrogen) atoms. The van der Waals surface area contributed by atoms with Crippen molar-refractivity contribution in [1.82, 2.24) is 25.6 Å². The Hall–Kier alpha value is -3.06. The summed E-state index contributed by atoms with van der Waals surface area (Å²) in [6, 6.07) is 0.917. The Balaban J connectivity index is 2.07. The molecule has 0 saturated heterocycles. The summed E-state index contributed by atoms with van der Waals surface area (Å²) < 4.78 is 39.1. The van der Waals surface area contributed by atoms with Crippen LogP contribution >= 0.6 is 22.7 Å². The topological polar surface area (TPSA) is 109 Å². The van der Waals surface area contributed by atoms with E-state index in [1.165, 1.54) is 25.5 Å². The van der Waals surface area contributed by atoms with Gasteiger partial charge in [0, 0.05) is 36.3 Å². The maximum absolute atomic E-state index is 13.0. The summed E-state index contributed by atoms with van der Waals surface area (Å²) in [5, 5.41) is 8.90. The molecule has 0 aliphatic rings. The van der Waals surface area contributed by atoms with E-state index in [0.717, 1.165) is 28.1 Å². The number of carbonyl (C=O) groups is 2. The highest BCUT2D eigenvalue weighted by Crippen LogP contribution is 2.39. The van der Waals surface area contributed by atoms with E-state index in [2.05, 4.69) is 30.9 Å². The molecule has 0 spiro atoms. The molecular formula is C17H15F3N6O2S2. The minimum Gasteiger partial charge on any atom is -0.354 e. The van der Waals surface area contributed by atoms with Gasteiger partial charge in [-0.3, -0.25) is 10.1 Å². The second-order valence-electron chi connectivity index (χ2n) is 5.74. The molecule has 3 rings (SSSR count). The molecule has 8 nitrogen and oxygen atoms in total. The molecule has 3 heterocycles. The summed E-state index contributed by atoms with van der Waals surface area (Å²) in [7, 11) is 1.48. The van der Waals surface area contributed by atoms with E-state index in [4.69, 9.17) is 0 Å². The number of alkyl halides is 3. The van der Waals surface area contributed by atoms with Crippen LogP contribution in [-0.4, -0.2) is 40.5 Å². The molecule has 3 amide bonds. The highest BCUT2D eigenvalue weighted by molar-refractivity contribution is 7.17. The van der Waals surface area contributed by atoms with Crippen LogP contribution in [0.15, 0.2) is 23.8 Å². The summed E-state index contributed by atoms with van der Waals surface area (Å²) in [4.78, 5) is 36.0. The third-order valence-electron chi connectivity index (χ3n) is 3.69. The fourth-order valence-corrected chi connectivity index (χ4v) is 4.09. The molecule has 158 valence electrons. The van der Waals surface area contributed by atoms with Crippen molar-refractivity contribution in [1.29, 1.82) is 0 Å². The lowest BCUT2D eigenvalue weighted by molar-refractivity contribution is -0.140. The zero-order chi connectivity index (χ0) is 21.9. The number of hydrogen-bond donors (Lipinski definition) is 3. The monoisotopic (exact) mass is 456 g/mol. The number of carbonyl (C=O) groups excluding carboxylic acids is 2. The van der Waals surface area contributed by atoms with Gasteiger partial charge in [-0.15, -0.1) is 22.7 Å². The number of amides is 3. The van der Waals surface area contributed by atoms with Gasteiger partial charge in [0.2, 0.25) is 0 Å². The molecule has 0 radical (unpaired) electrons. The number of rotatable bonds is 5. The molecule has 0 atom stereocenters. The Bertz CT molecular complexity index is 1080. The molecule has 0 fully saturated rings. The van der Waals surface area contributed by atoms with E-state index in [1.807, 2.05) is 0 Å².